The predicted molar refractivity (Wildman–Crippen MR) is 152 cm³/mol. The molecule has 1 atom stereocenters. The van der Waals surface area contributed by atoms with Crippen LogP contribution in [-0.2, 0) is 0 Å². The summed E-state index contributed by atoms with van der Waals surface area (Å²) in [7, 11) is 1.68. The van der Waals surface area contributed by atoms with Crippen LogP contribution in [0.2, 0.25) is 5.02 Å². The number of anilines is 1. The van der Waals surface area contributed by atoms with Crippen LogP contribution in [0.25, 0.3) is 27.6 Å². The third kappa shape index (κ3) is 5.17. The van der Waals surface area contributed by atoms with Crippen LogP contribution in [-0.4, -0.2) is 49.9 Å². The van der Waals surface area contributed by atoms with Gasteiger partial charge in [-0.2, -0.15) is 0 Å². The Morgan fingerprint density at radius 2 is 1.97 bits per heavy atom. The molecule has 0 spiro atoms. The van der Waals surface area contributed by atoms with Gasteiger partial charge in [0, 0.05) is 52.4 Å². The largest absolute Gasteiger partial charge is 0.496 e. The van der Waals surface area contributed by atoms with E-state index in [1.165, 1.54) is 4.90 Å². The number of halogens is 1. The average Bonchev–Trinajstić information content (AvgIpc) is 3.52. The Morgan fingerprint density at radius 1 is 1.11 bits per heavy atom. The van der Waals surface area contributed by atoms with Crippen molar-refractivity contribution >= 4 is 45.8 Å². The zero-order chi connectivity index (χ0) is 25.2. The van der Waals surface area contributed by atoms with E-state index in [-0.39, 0.29) is 6.04 Å². The van der Waals surface area contributed by atoms with E-state index in [0.717, 1.165) is 64.3 Å². The summed E-state index contributed by atoms with van der Waals surface area (Å²) in [6.45, 7) is 1.94. The molecule has 6 rings (SSSR count). The first-order valence-corrected chi connectivity index (χ1v) is 14.1. The van der Waals surface area contributed by atoms with Crippen molar-refractivity contribution in [2.24, 2.45) is 0 Å². The number of nitrogens with one attached hydrogen (secondary N) is 1. The van der Waals surface area contributed by atoms with Crippen LogP contribution in [0.5, 0.6) is 5.75 Å². The van der Waals surface area contributed by atoms with E-state index in [9.17, 15) is 0 Å². The van der Waals surface area contributed by atoms with Crippen molar-refractivity contribution in [2.45, 2.75) is 23.8 Å². The monoisotopic (exact) mass is 548 g/mol. The van der Waals surface area contributed by atoms with Crippen LogP contribution in [0.1, 0.15) is 12.8 Å². The second-order valence-corrected chi connectivity index (χ2v) is 11.2. The van der Waals surface area contributed by atoms with Crippen molar-refractivity contribution in [3.63, 3.8) is 0 Å². The van der Waals surface area contributed by atoms with E-state index >= 15 is 0 Å². The highest BCUT2D eigenvalue weighted by Gasteiger charge is 2.23. The summed E-state index contributed by atoms with van der Waals surface area (Å²) < 4.78 is 10.1. The molecule has 5 aromatic rings. The zero-order valence-electron chi connectivity index (χ0n) is 20.2. The number of nitrogens with zero attached hydrogens (tertiary/aromatic N) is 5. The molecule has 0 aliphatic carbocycles. The van der Waals surface area contributed by atoms with E-state index in [1.807, 2.05) is 60.2 Å². The molecule has 0 amide bonds. The lowest BCUT2D eigenvalue weighted by Crippen LogP contribution is -2.38. The number of rotatable bonds is 7. The number of methoxy groups -OCH3 is 1. The van der Waals surface area contributed by atoms with Gasteiger partial charge >= 0.3 is 0 Å². The maximum atomic E-state index is 6.05. The summed E-state index contributed by atoms with van der Waals surface area (Å²) in [4.78, 5) is 16.5. The summed E-state index contributed by atoms with van der Waals surface area (Å²) in [5.74, 6) is 1.40. The minimum Gasteiger partial charge on any atom is -0.496 e. The quantitative estimate of drug-likeness (QED) is 0.225. The summed E-state index contributed by atoms with van der Waals surface area (Å²) in [6, 6.07) is 18.1. The SMILES string of the molecule is COc1ccccc1-c1nc2sccn2c1-c1ccnc(N[C@@H]2CCCN(Sc3ccc(Cl)cc3)C2)n1. The Morgan fingerprint density at radius 3 is 2.84 bits per heavy atom. The third-order valence-electron chi connectivity index (χ3n) is 6.29. The first kappa shape index (κ1) is 24.2. The van der Waals surface area contributed by atoms with Crippen LogP contribution in [0.3, 0.4) is 0 Å². The number of hydrogen-bond acceptors (Lipinski definition) is 8. The molecule has 2 aromatic carbocycles. The number of para-hydroxylation sites is 1. The minimum absolute atomic E-state index is 0.254. The van der Waals surface area contributed by atoms with Crippen molar-refractivity contribution in [2.75, 3.05) is 25.5 Å². The summed E-state index contributed by atoms with van der Waals surface area (Å²) >= 11 is 9.41. The molecule has 1 fully saturated rings. The molecule has 1 saturated heterocycles. The molecule has 188 valence electrons. The van der Waals surface area contributed by atoms with E-state index in [0.29, 0.717) is 5.95 Å². The Kier molecular flexibility index (Phi) is 7.01. The van der Waals surface area contributed by atoms with Crippen LogP contribution in [0.15, 0.2) is 77.3 Å². The molecule has 0 bridgehead atoms. The highest BCUT2D eigenvalue weighted by atomic mass is 35.5. The molecule has 1 aliphatic rings. The van der Waals surface area contributed by atoms with Gasteiger partial charge in [0.15, 0.2) is 4.96 Å². The first-order valence-electron chi connectivity index (χ1n) is 12.1. The van der Waals surface area contributed by atoms with Gasteiger partial charge in [-0.05, 0) is 67.3 Å². The molecule has 1 aliphatic heterocycles. The fraction of sp³-hybridized carbons (Fsp3) is 0.222. The molecular weight excluding hydrogens is 524 g/mol. The van der Waals surface area contributed by atoms with Crippen molar-refractivity contribution in [3.05, 3.63) is 77.4 Å². The summed E-state index contributed by atoms with van der Waals surface area (Å²) in [5, 5.41) is 6.37. The Labute approximate surface area is 228 Å². The van der Waals surface area contributed by atoms with E-state index in [1.54, 1.807) is 30.4 Å². The Hall–Kier alpha value is -3.11. The number of imidazole rings is 1. The average molecular weight is 549 g/mol. The number of fused-ring (bicyclic) bond motifs is 1. The van der Waals surface area contributed by atoms with Crippen molar-refractivity contribution in [3.8, 4) is 28.4 Å². The number of ether oxygens (including phenoxy) is 1. The zero-order valence-corrected chi connectivity index (χ0v) is 22.6. The highest BCUT2D eigenvalue weighted by molar-refractivity contribution is 7.97. The molecule has 10 heteroatoms. The maximum Gasteiger partial charge on any atom is 0.223 e. The van der Waals surface area contributed by atoms with Gasteiger partial charge in [-0.25, -0.2) is 19.3 Å². The van der Waals surface area contributed by atoms with Crippen LogP contribution >= 0.6 is 34.9 Å². The molecular formula is C27H25ClN6OS2. The van der Waals surface area contributed by atoms with Gasteiger partial charge < -0.3 is 10.1 Å². The van der Waals surface area contributed by atoms with Gasteiger partial charge in [-0.15, -0.1) is 11.3 Å². The Balaban J connectivity index is 1.26. The molecule has 3 aromatic heterocycles. The van der Waals surface area contributed by atoms with Crippen molar-refractivity contribution in [1.29, 1.82) is 0 Å². The fourth-order valence-electron chi connectivity index (χ4n) is 4.59. The Bertz CT molecular complexity index is 1520. The molecule has 0 unspecified atom stereocenters. The number of thiazole rings is 1. The van der Waals surface area contributed by atoms with Gasteiger partial charge in [0.1, 0.15) is 17.1 Å². The molecule has 4 heterocycles. The molecule has 37 heavy (non-hydrogen) atoms. The van der Waals surface area contributed by atoms with Gasteiger partial charge in [-0.1, -0.05) is 23.7 Å². The third-order valence-corrected chi connectivity index (χ3v) is 8.37. The lowest BCUT2D eigenvalue weighted by Gasteiger charge is -2.32. The van der Waals surface area contributed by atoms with Gasteiger partial charge in [0.2, 0.25) is 5.95 Å². The number of aromatic nitrogens is 4. The van der Waals surface area contributed by atoms with E-state index < -0.39 is 0 Å². The topological polar surface area (TPSA) is 67.6 Å². The van der Waals surface area contributed by atoms with Crippen LogP contribution < -0.4 is 10.1 Å². The lowest BCUT2D eigenvalue weighted by atomic mass is 10.1. The molecule has 1 N–H and O–H groups in total. The highest BCUT2D eigenvalue weighted by Crippen LogP contribution is 2.38. The van der Waals surface area contributed by atoms with E-state index in [4.69, 9.17) is 26.3 Å². The number of hydrogen-bond donors (Lipinski definition) is 1. The predicted octanol–water partition coefficient (Wildman–Crippen LogP) is 6.77. The second-order valence-electron chi connectivity index (χ2n) is 8.75. The molecule has 7 nitrogen and oxygen atoms in total. The number of piperidine rings is 1. The van der Waals surface area contributed by atoms with Crippen molar-refractivity contribution in [1.82, 2.24) is 23.7 Å². The standard InChI is InChI=1S/C27H25ClN6OS2/c1-35-23-7-3-2-6-21(23)24-25(34-15-16-36-27(34)32-24)22-12-13-29-26(31-22)30-19-5-4-14-33(17-19)37-20-10-8-18(28)9-11-20/h2-3,6-13,15-16,19H,4-5,14,17H2,1H3,(H,29,30,31)/t19-/m1/s1. The van der Waals surface area contributed by atoms with Gasteiger partial charge in [0.25, 0.3) is 0 Å². The van der Waals surface area contributed by atoms with Gasteiger partial charge in [0.05, 0.1) is 12.8 Å². The maximum absolute atomic E-state index is 6.05. The van der Waals surface area contributed by atoms with Crippen molar-refractivity contribution < 1.29 is 4.74 Å². The smallest absolute Gasteiger partial charge is 0.223 e. The minimum atomic E-state index is 0.254. The van der Waals surface area contributed by atoms with Crippen LogP contribution in [0.4, 0.5) is 5.95 Å². The van der Waals surface area contributed by atoms with E-state index in [2.05, 4.69) is 31.1 Å². The normalized spacial score (nSPS) is 16.2. The fourth-order valence-corrected chi connectivity index (χ4v) is 6.46. The summed E-state index contributed by atoms with van der Waals surface area (Å²) in [6.07, 6.45) is 6.02. The first-order chi connectivity index (χ1) is 18.2. The van der Waals surface area contributed by atoms with Gasteiger partial charge in [-0.3, -0.25) is 4.40 Å². The molecule has 0 saturated carbocycles. The summed E-state index contributed by atoms with van der Waals surface area (Å²) in [5.41, 5.74) is 3.52. The molecule has 0 radical (unpaired) electrons. The second kappa shape index (κ2) is 10.7. The number of benzene rings is 2. The lowest BCUT2D eigenvalue weighted by molar-refractivity contribution is 0.355. The van der Waals surface area contributed by atoms with Crippen LogP contribution in [0, 0.1) is 0 Å².